The summed E-state index contributed by atoms with van der Waals surface area (Å²) in [4.78, 5) is 0. The van der Waals surface area contributed by atoms with Crippen LogP contribution in [0.2, 0.25) is 0 Å². The number of ether oxygens (including phenoxy) is 2. The topological polar surface area (TPSA) is 50.7 Å². The number of benzene rings is 1. The van der Waals surface area contributed by atoms with Crippen LogP contribution in [0.5, 0.6) is 5.75 Å². The van der Waals surface area contributed by atoms with Crippen LogP contribution >= 0.6 is 0 Å². The van der Waals surface area contributed by atoms with Gasteiger partial charge in [-0.2, -0.15) is 0 Å². The van der Waals surface area contributed by atoms with Crippen LogP contribution < -0.4 is 10.2 Å². The number of methoxy groups -OCH3 is 2. The summed E-state index contributed by atoms with van der Waals surface area (Å²) >= 11 is 0. The van der Waals surface area contributed by atoms with Gasteiger partial charge in [0.1, 0.15) is 11.6 Å². The Balaban J connectivity index is 3.14. The molecule has 0 aliphatic carbocycles. The van der Waals surface area contributed by atoms with Crippen LogP contribution in [0.4, 0.5) is 4.39 Å². The third kappa shape index (κ3) is 2.65. The summed E-state index contributed by atoms with van der Waals surface area (Å²) in [5, 5.41) is 8.60. The van der Waals surface area contributed by atoms with Gasteiger partial charge in [-0.25, -0.2) is 9.87 Å². The molecule has 0 aliphatic heterocycles. The first-order chi connectivity index (χ1) is 7.24. The molecule has 0 bridgehead atoms. The van der Waals surface area contributed by atoms with Crippen molar-refractivity contribution in [3.05, 3.63) is 29.1 Å². The number of halogens is 1. The highest BCUT2D eigenvalue weighted by Gasteiger charge is 2.13. The maximum Gasteiger partial charge on any atom is 0.132 e. The van der Waals surface area contributed by atoms with Crippen molar-refractivity contribution in [1.82, 2.24) is 5.48 Å². The minimum Gasteiger partial charge on any atom is -0.496 e. The van der Waals surface area contributed by atoms with Crippen LogP contribution in [0.25, 0.3) is 0 Å². The lowest BCUT2D eigenvalue weighted by Gasteiger charge is -2.13. The second-order valence-electron chi connectivity index (χ2n) is 2.99. The normalized spacial score (nSPS) is 10.4. The molecule has 0 amide bonds. The maximum absolute atomic E-state index is 13.4. The van der Waals surface area contributed by atoms with E-state index in [-0.39, 0.29) is 19.0 Å². The maximum atomic E-state index is 13.4. The van der Waals surface area contributed by atoms with E-state index in [1.807, 2.05) is 5.48 Å². The van der Waals surface area contributed by atoms with Crippen LogP contribution in [0.15, 0.2) is 12.1 Å². The zero-order chi connectivity index (χ0) is 11.3. The van der Waals surface area contributed by atoms with E-state index in [1.54, 1.807) is 6.07 Å². The second kappa shape index (κ2) is 5.65. The van der Waals surface area contributed by atoms with E-state index in [0.717, 1.165) is 0 Å². The minimum absolute atomic E-state index is 0.133. The van der Waals surface area contributed by atoms with Crippen molar-refractivity contribution < 1.29 is 19.1 Å². The molecule has 1 rings (SSSR count). The van der Waals surface area contributed by atoms with Crippen LogP contribution in [-0.4, -0.2) is 19.4 Å². The third-order valence-electron chi connectivity index (χ3n) is 2.05. The number of hydrogen-bond acceptors (Lipinski definition) is 4. The van der Waals surface area contributed by atoms with E-state index in [1.165, 1.54) is 20.3 Å². The fourth-order valence-corrected chi connectivity index (χ4v) is 1.41. The van der Waals surface area contributed by atoms with Crippen molar-refractivity contribution in [3.63, 3.8) is 0 Å². The molecule has 0 unspecified atom stereocenters. The van der Waals surface area contributed by atoms with Crippen molar-refractivity contribution in [3.8, 4) is 5.75 Å². The van der Waals surface area contributed by atoms with Gasteiger partial charge in [0, 0.05) is 19.2 Å². The molecule has 0 fully saturated rings. The van der Waals surface area contributed by atoms with E-state index in [4.69, 9.17) is 14.7 Å². The molecule has 5 heteroatoms. The van der Waals surface area contributed by atoms with Gasteiger partial charge in [-0.15, -0.1) is 0 Å². The Morgan fingerprint density at radius 2 is 2.13 bits per heavy atom. The predicted molar refractivity (Wildman–Crippen MR) is 52.3 cm³/mol. The summed E-state index contributed by atoms with van der Waals surface area (Å²) in [6, 6.07) is 2.88. The molecule has 4 nitrogen and oxygen atoms in total. The Morgan fingerprint density at radius 3 is 2.67 bits per heavy atom. The Bertz CT molecular complexity index is 331. The number of rotatable bonds is 5. The van der Waals surface area contributed by atoms with E-state index in [2.05, 4.69) is 0 Å². The molecule has 1 aromatic rings. The molecule has 0 atom stereocenters. The largest absolute Gasteiger partial charge is 0.496 e. The summed E-state index contributed by atoms with van der Waals surface area (Å²) in [7, 11) is 2.94. The molecule has 15 heavy (non-hydrogen) atoms. The number of hydrogen-bond donors (Lipinski definition) is 2. The highest BCUT2D eigenvalue weighted by atomic mass is 19.1. The highest BCUT2D eigenvalue weighted by molar-refractivity contribution is 5.42. The van der Waals surface area contributed by atoms with Gasteiger partial charge < -0.3 is 14.7 Å². The lowest BCUT2D eigenvalue weighted by Crippen LogP contribution is -2.10. The van der Waals surface area contributed by atoms with Gasteiger partial charge in [0.05, 0.1) is 19.3 Å². The van der Waals surface area contributed by atoms with Gasteiger partial charge in [0.2, 0.25) is 0 Å². The predicted octanol–water partition coefficient (Wildman–Crippen LogP) is 1.46. The molecule has 0 heterocycles. The Kier molecular flexibility index (Phi) is 4.48. The SMILES string of the molecule is COCc1c(F)ccc(CNO)c1OC. The van der Waals surface area contributed by atoms with Crippen LogP contribution in [0.1, 0.15) is 11.1 Å². The minimum atomic E-state index is -0.379. The molecule has 0 aliphatic rings. The average Bonchev–Trinajstić information content (AvgIpc) is 2.24. The van der Waals surface area contributed by atoms with Gasteiger partial charge in [0.25, 0.3) is 0 Å². The first-order valence-corrected chi connectivity index (χ1v) is 4.44. The van der Waals surface area contributed by atoms with Crippen molar-refractivity contribution in [2.45, 2.75) is 13.2 Å². The highest BCUT2D eigenvalue weighted by Crippen LogP contribution is 2.27. The van der Waals surface area contributed by atoms with Crippen molar-refractivity contribution >= 4 is 0 Å². The smallest absolute Gasteiger partial charge is 0.132 e. The molecule has 0 saturated heterocycles. The quantitative estimate of drug-likeness (QED) is 0.730. The zero-order valence-electron chi connectivity index (χ0n) is 8.71. The van der Waals surface area contributed by atoms with E-state index >= 15 is 0 Å². The molecule has 84 valence electrons. The molecule has 0 saturated carbocycles. The Morgan fingerprint density at radius 1 is 1.40 bits per heavy atom. The summed E-state index contributed by atoms with van der Waals surface area (Å²) in [6.07, 6.45) is 0. The van der Waals surface area contributed by atoms with Crippen molar-refractivity contribution in [1.29, 1.82) is 0 Å². The fraction of sp³-hybridized carbons (Fsp3) is 0.400. The number of nitrogens with one attached hydrogen (secondary N) is 1. The first kappa shape index (κ1) is 11.9. The Hall–Kier alpha value is -1.17. The number of hydroxylamine groups is 1. The summed E-state index contributed by atoms with van der Waals surface area (Å²) < 4.78 is 23.4. The molecule has 1 aromatic carbocycles. The van der Waals surface area contributed by atoms with E-state index in [9.17, 15) is 4.39 Å². The van der Waals surface area contributed by atoms with Crippen LogP contribution in [0.3, 0.4) is 0 Å². The molecule has 0 aromatic heterocycles. The summed E-state index contributed by atoms with van der Waals surface area (Å²) in [5.41, 5.74) is 3.03. The van der Waals surface area contributed by atoms with Gasteiger partial charge >= 0.3 is 0 Å². The average molecular weight is 215 g/mol. The monoisotopic (exact) mass is 215 g/mol. The van der Waals surface area contributed by atoms with Crippen molar-refractivity contribution in [2.75, 3.05) is 14.2 Å². The van der Waals surface area contributed by atoms with E-state index < -0.39 is 0 Å². The third-order valence-corrected chi connectivity index (χ3v) is 2.05. The van der Waals surface area contributed by atoms with Crippen molar-refractivity contribution in [2.24, 2.45) is 0 Å². The fourth-order valence-electron chi connectivity index (χ4n) is 1.41. The zero-order valence-corrected chi connectivity index (χ0v) is 8.71. The van der Waals surface area contributed by atoms with Crippen LogP contribution in [0, 0.1) is 5.82 Å². The molecular weight excluding hydrogens is 201 g/mol. The first-order valence-electron chi connectivity index (χ1n) is 4.44. The Labute approximate surface area is 87.6 Å². The summed E-state index contributed by atoms with van der Waals surface area (Å²) in [6.45, 7) is 0.328. The standard InChI is InChI=1S/C10H14FNO3/c1-14-6-8-9(11)4-3-7(5-12-13)10(8)15-2/h3-4,12-13H,5-6H2,1-2H3. The van der Waals surface area contributed by atoms with Gasteiger partial charge in [0.15, 0.2) is 0 Å². The molecular formula is C10H14FNO3. The summed E-state index contributed by atoms with van der Waals surface area (Å²) in [5.74, 6) is 0.0220. The van der Waals surface area contributed by atoms with E-state index in [0.29, 0.717) is 16.9 Å². The van der Waals surface area contributed by atoms with Gasteiger partial charge in [-0.1, -0.05) is 6.07 Å². The van der Waals surface area contributed by atoms with Gasteiger partial charge in [-0.05, 0) is 6.07 Å². The van der Waals surface area contributed by atoms with Crippen LogP contribution in [-0.2, 0) is 17.9 Å². The molecule has 2 N–H and O–H groups in total. The molecule has 0 spiro atoms. The lowest BCUT2D eigenvalue weighted by atomic mass is 10.1. The second-order valence-corrected chi connectivity index (χ2v) is 2.99. The lowest BCUT2D eigenvalue weighted by molar-refractivity contribution is 0.158. The van der Waals surface area contributed by atoms with Gasteiger partial charge in [-0.3, -0.25) is 0 Å². The molecule has 0 radical (unpaired) electrons.